The maximum Gasteiger partial charge on any atom is 0.326 e. The average Bonchev–Trinajstić information content (AvgIpc) is 2.71. The zero-order valence-electron chi connectivity index (χ0n) is 10.1. The molecule has 1 aliphatic heterocycles. The van der Waals surface area contributed by atoms with E-state index >= 15 is 0 Å². The van der Waals surface area contributed by atoms with Crippen molar-refractivity contribution in [1.29, 1.82) is 0 Å². The van der Waals surface area contributed by atoms with Gasteiger partial charge in [-0.25, -0.2) is 9.59 Å². The number of nitrogens with zero attached hydrogens (tertiary/aromatic N) is 1. The van der Waals surface area contributed by atoms with Gasteiger partial charge in [0.25, 0.3) is 0 Å². The minimum Gasteiger partial charge on any atom is -0.480 e. The van der Waals surface area contributed by atoms with Crippen molar-refractivity contribution in [3.63, 3.8) is 0 Å². The normalized spacial score (nSPS) is 22.6. The Labute approximate surface area is 106 Å². The first-order valence-corrected chi connectivity index (χ1v) is 5.95. The van der Waals surface area contributed by atoms with Crippen molar-refractivity contribution >= 4 is 12.0 Å². The van der Waals surface area contributed by atoms with E-state index in [1.165, 1.54) is 0 Å². The van der Waals surface area contributed by atoms with E-state index in [-0.39, 0.29) is 13.0 Å². The first-order chi connectivity index (χ1) is 8.56. The third-order valence-corrected chi connectivity index (χ3v) is 2.85. The van der Waals surface area contributed by atoms with Gasteiger partial charge in [0.15, 0.2) is 0 Å². The summed E-state index contributed by atoms with van der Waals surface area (Å²) in [6.45, 7) is 0.520. The van der Waals surface area contributed by atoms with Gasteiger partial charge in [0.05, 0.1) is 6.10 Å². The lowest BCUT2D eigenvalue weighted by Gasteiger charge is -2.21. The summed E-state index contributed by atoms with van der Waals surface area (Å²) in [6, 6.07) is -1.38. The molecule has 0 radical (unpaired) electrons. The maximum atomic E-state index is 11.7. The van der Waals surface area contributed by atoms with Gasteiger partial charge in [-0.15, -0.1) is 12.3 Å². The number of carboxylic acid groups (broad SMARTS) is 1. The second kappa shape index (κ2) is 6.87. The number of carbonyl (C=O) groups excluding carboxylic acids is 1. The summed E-state index contributed by atoms with van der Waals surface area (Å²) in [5.74, 6) is 1.42. The molecule has 0 aromatic heterocycles. The van der Waals surface area contributed by atoms with Gasteiger partial charge in [-0.3, -0.25) is 0 Å². The molecule has 18 heavy (non-hydrogen) atoms. The molecule has 2 atom stereocenters. The van der Waals surface area contributed by atoms with E-state index in [1.807, 2.05) is 0 Å². The molecule has 100 valence electrons. The molecule has 0 aliphatic carbocycles. The van der Waals surface area contributed by atoms with Gasteiger partial charge in [-0.2, -0.15) is 0 Å². The van der Waals surface area contributed by atoms with Crippen molar-refractivity contribution in [3.05, 3.63) is 0 Å². The molecule has 3 N–H and O–H groups in total. The van der Waals surface area contributed by atoms with Crippen molar-refractivity contribution in [3.8, 4) is 12.3 Å². The number of likely N-dealkylation sites (tertiary alicyclic amines) is 1. The van der Waals surface area contributed by atoms with E-state index in [0.29, 0.717) is 13.0 Å². The third-order valence-electron chi connectivity index (χ3n) is 2.85. The van der Waals surface area contributed by atoms with Crippen LogP contribution < -0.4 is 5.32 Å². The summed E-state index contributed by atoms with van der Waals surface area (Å²) in [7, 11) is 0. The molecule has 1 rings (SSSR count). The Hall–Kier alpha value is -1.74. The van der Waals surface area contributed by atoms with Gasteiger partial charge >= 0.3 is 12.0 Å². The lowest BCUT2D eigenvalue weighted by molar-refractivity contribution is -0.141. The summed E-state index contributed by atoms with van der Waals surface area (Å²) < 4.78 is 0. The van der Waals surface area contributed by atoms with E-state index in [1.54, 1.807) is 0 Å². The Kier molecular flexibility index (Phi) is 5.46. The fourth-order valence-electron chi connectivity index (χ4n) is 1.92. The topological polar surface area (TPSA) is 89.9 Å². The highest BCUT2D eigenvalue weighted by Crippen LogP contribution is 2.17. The average molecular weight is 254 g/mol. The van der Waals surface area contributed by atoms with Gasteiger partial charge in [0, 0.05) is 25.9 Å². The first kappa shape index (κ1) is 14.3. The highest BCUT2D eigenvalue weighted by molar-refractivity contribution is 5.83. The number of urea groups is 1. The number of hydrogen-bond acceptors (Lipinski definition) is 3. The summed E-state index contributed by atoms with van der Waals surface area (Å²) >= 11 is 0. The molecular weight excluding hydrogens is 236 g/mol. The van der Waals surface area contributed by atoms with Crippen molar-refractivity contribution in [2.45, 2.75) is 37.8 Å². The molecule has 1 heterocycles. The molecule has 1 fully saturated rings. The minimum atomic E-state index is -1.09. The second-order valence-corrected chi connectivity index (χ2v) is 4.29. The van der Waals surface area contributed by atoms with Crippen LogP contribution in [-0.4, -0.2) is 52.3 Å². The highest BCUT2D eigenvalue weighted by Gasteiger charge is 2.38. The van der Waals surface area contributed by atoms with E-state index < -0.39 is 24.1 Å². The predicted octanol–water partition coefficient (Wildman–Crippen LogP) is 0.0193. The number of nitrogens with one attached hydrogen (secondary N) is 1. The van der Waals surface area contributed by atoms with Gasteiger partial charge in [0.2, 0.25) is 0 Å². The Morgan fingerprint density at radius 3 is 2.78 bits per heavy atom. The van der Waals surface area contributed by atoms with Crippen LogP contribution in [-0.2, 0) is 4.79 Å². The van der Waals surface area contributed by atoms with Gasteiger partial charge in [-0.1, -0.05) is 0 Å². The summed E-state index contributed by atoms with van der Waals surface area (Å²) in [6.07, 6.45) is 6.65. The first-order valence-electron chi connectivity index (χ1n) is 5.95. The number of rotatable bonds is 5. The molecule has 0 saturated carbocycles. The third kappa shape index (κ3) is 3.93. The van der Waals surface area contributed by atoms with E-state index in [2.05, 4.69) is 11.2 Å². The highest BCUT2D eigenvalue weighted by atomic mass is 16.4. The van der Waals surface area contributed by atoms with E-state index in [9.17, 15) is 14.7 Å². The number of aliphatic carboxylic acids is 1. The van der Waals surface area contributed by atoms with Gasteiger partial charge in [-0.05, 0) is 12.8 Å². The summed E-state index contributed by atoms with van der Waals surface area (Å²) in [5, 5.41) is 21.0. The minimum absolute atomic E-state index is 0.0627. The Morgan fingerprint density at radius 1 is 1.44 bits per heavy atom. The van der Waals surface area contributed by atoms with E-state index in [4.69, 9.17) is 11.5 Å². The molecule has 1 aliphatic rings. The van der Waals surface area contributed by atoms with Crippen LogP contribution in [0.4, 0.5) is 4.79 Å². The molecular formula is C12H18N2O4. The lowest BCUT2D eigenvalue weighted by atomic mass is 10.2. The molecule has 6 heteroatoms. The summed E-state index contributed by atoms with van der Waals surface area (Å²) in [5.41, 5.74) is 0. The van der Waals surface area contributed by atoms with Crippen molar-refractivity contribution in [2.24, 2.45) is 0 Å². The number of carboxylic acids is 1. The largest absolute Gasteiger partial charge is 0.480 e. The fourth-order valence-corrected chi connectivity index (χ4v) is 1.92. The Balaban J connectivity index is 2.36. The molecule has 0 spiro atoms. The quantitative estimate of drug-likeness (QED) is 0.476. The fraction of sp³-hybridized carbons (Fsp3) is 0.667. The number of unbranched alkanes of at least 4 members (excludes halogenated alkanes) is 2. The molecule has 1 saturated heterocycles. The van der Waals surface area contributed by atoms with Gasteiger partial charge in [0.1, 0.15) is 6.04 Å². The van der Waals surface area contributed by atoms with Crippen molar-refractivity contribution < 1.29 is 19.8 Å². The molecule has 0 unspecified atom stereocenters. The van der Waals surface area contributed by atoms with Gasteiger partial charge < -0.3 is 20.4 Å². The van der Waals surface area contributed by atoms with Crippen LogP contribution in [0.15, 0.2) is 0 Å². The number of terminal acetylenes is 1. The van der Waals surface area contributed by atoms with E-state index in [0.717, 1.165) is 17.7 Å². The standard InChI is InChI=1S/C12H18N2O4/c1-2-3-4-5-6-13-12(18)14-8-9(15)7-10(14)11(16)17/h1,9-10,15H,3-8H2,(H,13,18)(H,16,17)/t9-,10-/m0/s1. The maximum absolute atomic E-state index is 11.7. The Morgan fingerprint density at radius 2 is 2.17 bits per heavy atom. The zero-order chi connectivity index (χ0) is 13.5. The predicted molar refractivity (Wildman–Crippen MR) is 64.8 cm³/mol. The number of β-amino-alcohol motifs (C(OH)–C–C–N with tert-alkyl or cyclic N) is 1. The van der Waals surface area contributed by atoms with Crippen LogP contribution in [0.2, 0.25) is 0 Å². The number of amides is 2. The SMILES string of the molecule is C#CCCCCNC(=O)N1C[C@@H](O)C[C@H]1C(=O)O. The molecule has 6 nitrogen and oxygen atoms in total. The summed E-state index contributed by atoms with van der Waals surface area (Å²) in [4.78, 5) is 23.8. The number of carbonyl (C=O) groups is 2. The van der Waals surface area contributed by atoms with Crippen LogP contribution in [0.25, 0.3) is 0 Å². The monoisotopic (exact) mass is 254 g/mol. The van der Waals surface area contributed by atoms with Crippen LogP contribution in [0.1, 0.15) is 25.7 Å². The van der Waals surface area contributed by atoms with Crippen molar-refractivity contribution in [1.82, 2.24) is 10.2 Å². The number of aliphatic hydroxyl groups excluding tert-OH is 1. The smallest absolute Gasteiger partial charge is 0.326 e. The van der Waals surface area contributed by atoms with Crippen LogP contribution in [0, 0.1) is 12.3 Å². The van der Waals surface area contributed by atoms with Crippen LogP contribution in [0.3, 0.4) is 0 Å². The zero-order valence-corrected chi connectivity index (χ0v) is 10.1. The van der Waals surface area contributed by atoms with Crippen molar-refractivity contribution in [2.75, 3.05) is 13.1 Å². The number of hydrogen-bond donors (Lipinski definition) is 3. The second-order valence-electron chi connectivity index (χ2n) is 4.29. The molecule has 0 aromatic rings. The molecule has 2 amide bonds. The lowest BCUT2D eigenvalue weighted by Crippen LogP contribution is -2.46. The molecule has 0 bridgehead atoms. The Bertz CT molecular complexity index is 350. The molecule has 0 aromatic carbocycles. The van der Waals surface area contributed by atoms with Crippen LogP contribution in [0.5, 0.6) is 0 Å². The number of aliphatic hydroxyl groups is 1. The van der Waals surface area contributed by atoms with Crippen LogP contribution >= 0.6 is 0 Å².